The fourth-order valence-corrected chi connectivity index (χ4v) is 2.21. The highest BCUT2D eigenvalue weighted by Crippen LogP contribution is 2.30. The summed E-state index contributed by atoms with van der Waals surface area (Å²) in [5, 5.41) is 3.43. The van der Waals surface area contributed by atoms with Gasteiger partial charge in [0.1, 0.15) is 0 Å². The molecule has 0 aliphatic heterocycles. The molecule has 0 radical (unpaired) electrons. The van der Waals surface area contributed by atoms with E-state index in [1.54, 1.807) is 0 Å². The van der Waals surface area contributed by atoms with Crippen LogP contribution in [0.15, 0.2) is 24.3 Å². The van der Waals surface area contributed by atoms with Crippen molar-refractivity contribution in [3.8, 4) is 0 Å². The lowest BCUT2D eigenvalue weighted by Crippen LogP contribution is -2.22. The van der Waals surface area contributed by atoms with Gasteiger partial charge in [-0.3, -0.25) is 0 Å². The van der Waals surface area contributed by atoms with Crippen molar-refractivity contribution in [3.05, 3.63) is 35.4 Å². The van der Waals surface area contributed by atoms with Crippen molar-refractivity contribution in [1.29, 1.82) is 0 Å². The van der Waals surface area contributed by atoms with E-state index in [0.717, 1.165) is 6.42 Å². The molecule has 0 aromatic heterocycles. The maximum absolute atomic E-state index is 3.43. The van der Waals surface area contributed by atoms with Crippen LogP contribution in [0.1, 0.15) is 65.1 Å². The molecule has 1 aromatic rings. The number of nitrogens with one attached hydrogen (secondary N) is 1. The molecular weight excluding hydrogens is 218 g/mol. The van der Waals surface area contributed by atoms with E-state index in [9.17, 15) is 0 Å². The van der Waals surface area contributed by atoms with Gasteiger partial charge in [-0.1, -0.05) is 65.8 Å². The summed E-state index contributed by atoms with van der Waals surface area (Å²) in [7, 11) is 2.05. The second-order valence-electron chi connectivity index (χ2n) is 7.48. The summed E-state index contributed by atoms with van der Waals surface area (Å²) in [5.74, 6) is 0. The summed E-state index contributed by atoms with van der Waals surface area (Å²) < 4.78 is 0. The normalized spacial score (nSPS) is 14.6. The molecule has 0 saturated heterocycles. The monoisotopic (exact) mass is 247 g/mol. The maximum Gasteiger partial charge on any atom is 0.0322 e. The molecule has 1 N–H and O–H groups in total. The van der Waals surface area contributed by atoms with Crippen LogP contribution < -0.4 is 5.32 Å². The van der Waals surface area contributed by atoms with Crippen molar-refractivity contribution in [1.82, 2.24) is 5.32 Å². The molecule has 1 rings (SSSR count). The average molecular weight is 247 g/mol. The predicted octanol–water partition coefficient (Wildman–Crippen LogP) is 4.68. The van der Waals surface area contributed by atoms with E-state index >= 15 is 0 Å². The number of benzene rings is 1. The van der Waals surface area contributed by atoms with Gasteiger partial charge in [-0.15, -0.1) is 0 Å². The molecule has 102 valence electrons. The van der Waals surface area contributed by atoms with E-state index in [0.29, 0.717) is 11.5 Å². The second kappa shape index (κ2) is 5.44. The van der Waals surface area contributed by atoms with Gasteiger partial charge in [0.15, 0.2) is 0 Å². The standard InChI is InChI=1S/C17H29N/c1-16(2,3)12-15(18-7)13-8-10-14(11-9-13)17(4,5)6/h8-11,15,18H,12H2,1-7H3. The Bertz CT molecular complexity index is 362. The van der Waals surface area contributed by atoms with Crippen molar-refractivity contribution in [2.45, 2.75) is 59.4 Å². The number of hydrogen-bond donors (Lipinski definition) is 1. The van der Waals surface area contributed by atoms with Crippen LogP contribution in [0.2, 0.25) is 0 Å². The van der Waals surface area contributed by atoms with E-state index in [4.69, 9.17) is 0 Å². The molecule has 1 atom stereocenters. The third-order valence-electron chi connectivity index (χ3n) is 3.34. The quantitative estimate of drug-likeness (QED) is 0.817. The lowest BCUT2D eigenvalue weighted by molar-refractivity contribution is 0.320. The smallest absolute Gasteiger partial charge is 0.0322 e. The Morgan fingerprint density at radius 3 is 1.78 bits per heavy atom. The summed E-state index contributed by atoms with van der Waals surface area (Å²) in [6.45, 7) is 13.6. The van der Waals surface area contributed by atoms with Crippen LogP contribution >= 0.6 is 0 Å². The van der Waals surface area contributed by atoms with Gasteiger partial charge in [0.05, 0.1) is 0 Å². The van der Waals surface area contributed by atoms with Gasteiger partial charge in [-0.25, -0.2) is 0 Å². The summed E-state index contributed by atoms with van der Waals surface area (Å²) >= 11 is 0. The van der Waals surface area contributed by atoms with Crippen molar-refractivity contribution < 1.29 is 0 Å². The maximum atomic E-state index is 3.43. The molecule has 0 heterocycles. The van der Waals surface area contributed by atoms with Crippen molar-refractivity contribution in [2.75, 3.05) is 7.05 Å². The highest BCUT2D eigenvalue weighted by atomic mass is 14.9. The molecule has 0 spiro atoms. The molecule has 0 amide bonds. The Balaban J connectivity index is 2.89. The first-order valence-corrected chi connectivity index (χ1v) is 6.91. The largest absolute Gasteiger partial charge is 0.313 e. The van der Waals surface area contributed by atoms with E-state index in [-0.39, 0.29) is 5.41 Å². The molecule has 0 fully saturated rings. The van der Waals surface area contributed by atoms with Crippen LogP contribution in [-0.2, 0) is 5.41 Å². The highest BCUT2D eigenvalue weighted by molar-refractivity contribution is 5.29. The minimum atomic E-state index is 0.234. The average Bonchev–Trinajstić information content (AvgIpc) is 2.24. The number of hydrogen-bond acceptors (Lipinski definition) is 1. The minimum Gasteiger partial charge on any atom is -0.313 e. The molecule has 1 nitrogen and oxygen atoms in total. The molecule has 18 heavy (non-hydrogen) atoms. The Morgan fingerprint density at radius 2 is 1.44 bits per heavy atom. The summed E-state index contributed by atoms with van der Waals surface area (Å²) in [6, 6.07) is 9.52. The summed E-state index contributed by atoms with van der Waals surface area (Å²) in [5.41, 5.74) is 3.37. The van der Waals surface area contributed by atoms with Gasteiger partial charge in [0.2, 0.25) is 0 Å². The summed E-state index contributed by atoms with van der Waals surface area (Å²) in [6.07, 6.45) is 1.15. The SMILES string of the molecule is CNC(CC(C)(C)C)c1ccc(C(C)(C)C)cc1. The lowest BCUT2D eigenvalue weighted by Gasteiger charge is -2.27. The van der Waals surface area contributed by atoms with Crippen molar-refractivity contribution >= 4 is 0 Å². The van der Waals surface area contributed by atoms with Gasteiger partial charge in [0, 0.05) is 6.04 Å². The Hall–Kier alpha value is -0.820. The van der Waals surface area contributed by atoms with Crippen LogP contribution in [0, 0.1) is 5.41 Å². The molecule has 1 aromatic carbocycles. The Kier molecular flexibility index (Phi) is 4.61. The minimum absolute atomic E-state index is 0.234. The fraction of sp³-hybridized carbons (Fsp3) is 0.647. The third-order valence-corrected chi connectivity index (χ3v) is 3.34. The van der Waals surface area contributed by atoms with Crippen molar-refractivity contribution in [2.24, 2.45) is 5.41 Å². The van der Waals surface area contributed by atoms with Crippen LogP contribution in [0.4, 0.5) is 0 Å². The van der Waals surface area contributed by atoms with E-state index < -0.39 is 0 Å². The third kappa shape index (κ3) is 4.45. The zero-order valence-electron chi connectivity index (χ0n) is 13.1. The molecule has 0 saturated carbocycles. The predicted molar refractivity (Wildman–Crippen MR) is 81.0 cm³/mol. The lowest BCUT2D eigenvalue weighted by atomic mass is 9.83. The first kappa shape index (κ1) is 15.2. The first-order valence-electron chi connectivity index (χ1n) is 6.91. The van der Waals surface area contributed by atoms with Gasteiger partial charge < -0.3 is 5.32 Å². The fourth-order valence-electron chi connectivity index (χ4n) is 2.21. The van der Waals surface area contributed by atoms with Gasteiger partial charge in [0.25, 0.3) is 0 Å². The molecule has 1 heteroatoms. The zero-order chi connectivity index (χ0) is 14.0. The van der Waals surface area contributed by atoms with Crippen LogP contribution in [0.3, 0.4) is 0 Å². The van der Waals surface area contributed by atoms with Gasteiger partial charge in [-0.2, -0.15) is 0 Å². The summed E-state index contributed by atoms with van der Waals surface area (Å²) in [4.78, 5) is 0. The Labute approximate surface area is 113 Å². The number of rotatable bonds is 3. The van der Waals surface area contributed by atoms with Crippen molar-refractivity contribution in [3.63, 3.8) is 0 Å². The highest BCUT2D eigenvalue weighted by Gasteiger charge is 2.19. The van der Waals surface area contributed by atoms with Crippen LogP contribution in [0.25, 0.3) is 0 Å². The molecular formula is C17H29N. The Morgan fingerprint density at radius 1 is 0.944 bits per heavy atom. The first-order chi connectivity index (χ1) is 8.13. The van der Waals surface area contributed by atoms with Gasteiger partial charge >= 0.3 is 0 Å². The molecule has 0 aliphatic rings. The molecule has 0 bridgehead atoms. The van der Waals surface area contributed by atoms with Crippen LogP contribution in [0.5, 0.6) is 0 Å². The molecule has 1 unspecified atom stereocenters. The van der Waals surface area contributed by atoms with E-state index in [1.165, 1.54) is 11.1 Å². The topological polar surface area (TPSA) is 12.0 Å². The van der Waals surface area contributed by atoms with E-state index in [1.807, 2.05) is 7.05 Å². The van der Waals surface area contributed by atoms with Gasteiger partial charge in [-0.05, 0) is 35.4 Å². The van der Waals surface area contributed by atoms with Crippen LogP contribution in [-0.4, -0.2) is 7.05 Å². The zero-order valence-corrected chi connectivity index (χ0v) is 13.1. The van der Waals surface area contributed by atoms with E-state index in [2.05, 4.69) is 71.1 Å². The molecule has 0 aliphatic carbocycles. The second-order valence-corrected chi connectivity index (χ2v) is 7.48.